The summed E-state index contributed by atoms with van der Waals surface area (Å²) in [5.41, 5.74) is 3.56. The van der Waals surface area contributed by atoms with Crippen molar-refractivity contribution in [1.29, 1.82) is 5.26 Å². The number of rotatable bonds is 1. The van der Waals surface area contributed by atoms with Crippen LogP contribution in [-0.2, 0) is 7.05 Å². The molecule has 0 aliphatic heterocycles. The summed E-state index contributed by atoms with van der Waals surface area (Å²) >= 11 is 0. The molecular weight excluding hydrogens is 186 g/mol. The van der Waals surface area contributed by atoms with Gasteiger partial charge in [0.15, 0.2) is 5.69 Å². The van der Waals surface area contributed by atoms with E-state index in [0.717, 1.165) is 11.3 Å². The van der Waals surface area contributed by atoms with Gasteiger partial charge >= 0.3 is 0 Å². The van der Waals surface area contributed by atoms with Gasteiger partial charge in [-0.25, -0.2) is 4.98 Å². The second-order valence-corrected chi connectivity index (χ2v) is 3.53. The number of aryl methyl sites for hydroxylation is 2. The largest absolute Gasteiger partial charge is 0.333 e. The summed E-state index contributed by atoms with van der Waals surface area (Å²) in [6.07, 6.45) is 1.66. The molecular formula is C12H11N3. The molecule has 0 atom stereocenters. The number of benzene rings is 1. The molecule has 0 aliphatic carbocycles. The Kier molecular flexibility index (Phi) is 2.26. The number of hydrogen-bond acceptors (Lipinski definition) is 2. The molecule has 3 nitrogen and oxygen atoms in total. The van der Waals surface area contributed by atoms with Crippen LogP contribution < -0.4 is 0 Å². The second kappa shape index (κ2) is 3.58. The molecule has 1 heterocycles. The third-order valence-electron chi connectivity index (χ3n) is 2.33. The van der Waals surface area contributed by atoms with Gasteiger partial charge in [-0.05, 0) is 13.0 Å². The minimum atomic E-state index is 0.475. The monoisotopic (exact) mass is 197 g/mol. The van der Waals surface area contributed by atoms with E-state index in [1.807, 2.05) is 36.7 Å². The lowest BCUT2D eigenvalue weighted by molar-refractivity contribution is 0.921. The van der Waals surface area contributed by atoms with Crippen molar-refractivity contribution < 1.29 is 0 Å². The van der Waals surface area contributed by atoms with E-state index in [4.69, 9.17) is 5.26 Å². The lowest BCUT2D eigenvalue weighted by Crippen LogP contribution is -1.91. The highest BCUT2D eigenvalue weighted by atomic mass is 15.0. The molecule has 15 heavy (non-hydrogen) atoms. The van der Waals surface area contributed by atoms with E-state index in [-0.39, 0.29) is 0 Å². The second-order valence-electron chi connectivity index (χ2n) is 3.53. The molecule has 2 rings (SSSR count). The average Bonchev–Trinajstić information content (AvgIpc) is 2.59. The zero-order valence-electron chi connectivity index (χ0n) is 8.73. The number of hydrogen-bond donors (Lipinski definition) is 0. The molecule has 1 aromatic heterocycles. The van der Waals surface area contributed by atoms with E-state index in [2.05, 4.69) is 17.1 Å². The van der Waals surface area contributed by atoms with Crippen LogP contribution in [0.5, 0.6) is 0 Å². The molecule has 0 amide bonds. The van der Waals surface area contributed by atoms with Crippen LogP contribution in [0.1, 0.15) is 11.3 Å². The molecule has 2 aromatic rings. The highest BCUT2D eigenvalue weighted by Crippen LogP contribution is 2.22. The summed E-state index contributed by atoms with van der Waals surface area (Å²) in [5.74, 6) is 0. The Balaban J connectivity index is 2.64. The Morgan fingerprint density at radius 3 is 2.87 bits per heavy atom. The summed E-state index contributed by atoms with van der Waals surface area (Å²) in [6, 6.07) is 10.2. The molecule has 0 N–H and O–H groups in total. The topological polar surface area (TPSA) is 41.6 Å². The SMILES string of the molecule is Cc1cccc(-c2c(C#N)ncn2C)c1. The van der Waals surface area contributed by atoms with Gasteiger partial charge in [-0.1, -0.05) is 23.8 Å². The van der Waals surface area contributed by atoms with Gasteiger partial charge in [0, 0.05) is 12.6 Å². The van der Waals surface area contributed by atoms with Crippen LogP contribution in [-0.4, -0.2) is 9.55 Å². The summed E-state index contributed by atoms with van der Waals surface area (Å²) < 4.78 is 1.87. The van der Waals surface area contributed by atoms with Crippen LogP contribution in [0, 0.1) is 18.3 Å². The first-order chi connectivity index (χ1) is 7.22. The Bertz CT molecular complexity index is 532. The van der Waals surface area contributed by atoms with Crippen molar-refractivity contribution in [3.8, 4) is 17.3 Å². The maximum atomic E-state index is 8.94. The number of nitriles is 1. The predicted molar refractivity (Wildman–Crippen MR) is 58.1 cm³/mol. The summed E-state index contributed by atoms with van der Waals surface area (Å²) in [7, 11) is 1.89. The molecule has 0 saturated heterocycles. The maximum Gasteiger partial charge on any atom is 0.166 e. The van der Waals surface area contributed by atoms with Crippen molar-refractivity contribution >= 4 is 0 Å². The Hall–Kier alpha value is -2.08. The number of aromatic nitrogens is 2. The highest BCUT2D eigenvalue weighted by molar-refractivity contribution is 5.65. The van der Waals surface area contributed by atoms with Crippen molar-refractivity contribution in [2.75, 3.05) is 0 Å². The lowest BCUT2D eigenvalue weighted by atomic mass is 10.1. The van der Waals surface area contributed by atoms with Gasteiger partial charge in [-0.2, -0.15) is 5.26 Å². The molecule has 0 unspecified atom stereocenters. The standard InChI is InChI=1S/C12H11N3/c1-9-4-3-5-10(6-9)12-11(7-13)14-8-15(12)2/h3-6,8H,1-2H3. The van der Waals surface area contributed by atoms with Crippen LogP contribution in [0.25, 0.3) is 11.3 Å². The molecule has 0 saturated carbocycles. The molecule has 74 valence electrons. The highest BCUT2D eigenvalue weighted by Gasteiger charge is 2.10. The van der Waals surface area contributed by atoms with Gasteiger partial charge < -0.3 is 4.57 Å². The van der Waals surface area contributed by atoms with Gasteiger partial charge in [0.05, 0.1) is 12.0 Å². The average molecular weight is 197 g/mol. The van der Waals surface area contributed by atoms with Crippen LogP contribution in [0.4, 0.5) is 0 Å². The molecule has 0 radical (unpaired) electrons. The number of imidazole rings is 1. The maximum absolute atomic E-state index is 8.94. The summed E-state index contributed by atoms with van der Waals surface area (Å²) in [6.45, 7) is 2.03. The minimum absolute atomic E-state index is 0.475. The third kappa shape index (κ3) is 1.62. The van der Waals surface area contributed by atoms with Crippen molar-refractivity contribution in [2.45, 2.75) is 6.92 Å². The van der Waals surface area contributed by atoms with E-state index < -0.39 is 0 Å². The first-order valence-corrected chi connectivity index (χ1v) is 4.71. The first kappa shape index (κ1) is 9.47. The van der Waals surface area contributed by atoms with Crippen molar-refractivity contribution in [3.63, 3.8) is 0 Å². The van der Waals surface area contributed by atoms with Gasteiger partial charge in [0.25, 0.3) is 0 Å². The van der Waals surface area contributed by atoms with E-state index in [0.29, 0.717) is 5.69 Å². The fraction of sp³-hybridized carbons (Fsp3) is 0.167. The molecule has 0 bridgehead atoms. The summed E-state index contributed by atoms with van der Waals surface area (Å²) in [5, 5.41) is 8.94. The molecule has 0 fully saturated rings. The Morgan fingerprint density at radius 1 is 1.40 bits per heavy atom. The normalized spacial score (nSPS) is 9.93. The first-order valence-electron chi connectivity index (χ1n) is 4.71. The molecule has 0 spiro atoms. The fourth-order valence-corrected chi connectivity index (χ4v) is 1.64. The van der Waals surface area contributed by atoms with Crippen molar-refractivity contribution in [3.05, 3.63) is 41.9 Å². The smallest absolute Gasteiger partial charge is 0.166 e. The lowest BCUT2D eigenvalue weighted by Gasteiger charge is -2.03. The minimum Gasteiger partial charge on any atom is -0.333 e. The van der Waals surface area contributed by atoms with Crippen molar-refractivity contribution in [1.82, 2.24) is 9.55 Å². The Morgan fingerprint density at radius 2 is 2.20 bits per heavy atom. The van der Waals surface area contributed by atoms with Crippen molar-refractivity contribution in [2.24, 2.45) is 7.05 Å². The molecule has 3 heteroatoms. The zero-order valence-corrected chi connectivity index (χ0v) is 8.73. The zero-order chi connectivity index (χ0) is 10.8. The third-order valence-corrected chi connectivity index (χ3v) is 2.33. The molecule has 1 aromatic carbocycles. The van der Waals surface area contributed by atoms with Gasteiger partial charge in [0.1, 0.15) is 6.07 Å². The predicted octanol–water partition coefficient (Wildman–Crippen LogP) is 2.27. The quantitative estimate of drug-likeness (QED) is 0.703. The van der Waals surface area contributed by atoms with Crippen LogP contribution in [0.3, 0.4) is 0 Å². The van der Waals surface area contributed by atoms with E-state index >= 15 is 0 Å². The van der Waals surface area contributed by atoms with Crippen LogP contribution in [0.2, 0.25) is 0 Å². The van der Waals surface area contributed by atoms with Gasteiger partial charge in [0.2, 0.25) is 0 Å². The van der Waals surface area contributed by atoms with E-state index in [9.17, 15) is 0 Å². The molecule has 0 aliphatic rings. The van der Waals surface area contributed by atoms with E-state index in [1.165, 1.54) is 5.56 Å². The number of nitrogens with zero attached hydrogens (tertiary/aromatic N) is 3. The fourth-order valence-electron chi connectivity index (χ4n) is 1.64. The van der Waals surface area contributed by atoms with Gasteiger partial charge in [-0.3, -0.25) is 0 Å². The summed E-state index contributed by atoms with van der Waals surface area (Å²) in [4.78, 5) is 4.04. The van der Waals surface area contributed by atoms with E-state index in [1.54, 1.807) is 6.33 Å². The van der Waals surface area contributed by atoms with Crippen LogP contribution >= 0.6 is 0 Å². The van der Waals surface area contributed by atoms with Gasteiger partial charge in [-0.15, -0.1) is 0 Å². The van der Waals surface area contributed by atoms with Crippen LogP contribution in [0.15, 0.2) is 30.6 Å². The Labute approximate surface area is 88.6 Å².